The van der Waals surface area contributed by atoms with Crippen LogP contribution in [0.25, 0.3) is 0 Å². The van der Waals surface area contributed by atoms with Crippen LogP contribution in [0, 0.1) is 0 Å². The number of fused-ring (bicyclic) bond motifs is 1. The first-order chi connectivity index (χ1) is 10.1. The molecule has 104 valence electrons. The molecule has 1 aliphatic heterocycles. The molecule has 6 heteroatoms. The Bertz CT molecular complexity index is 786. The second-order valence-electron chi connectivity index (χ2n) is 4.34. The summed E-state index contributed by atoms with van der Waals surface area (Å²) in [6, 6.07) is 12.6. The molecule has 0 saturated heterocycles. The van der Waals surface area contributed by atoms with E-state index >= 15 is 0 Å². The number of rotatable bonds is 3. The summed E-state index contributed by atoms with van der Waals surface area (Å²) in [4.78, 5) is 16.4. The van der Waals surface area contributed by atoms with Crippen molar-refractivity contribution in [3.8, 4) is 0 Å². The number of carbonyl (C=O) groups is 1. The maximum Gasteiger partial charge on any atom is 0.215 e. The first-order valence-corrected chi connectivity index (χ1v) is 7.29. The number of aliphatic imine (C=N–C) groups is 1. The third-order valence-electron chi connectivity index (χ3n) is 2.92. The molecule has 3 rings (SSSR count). The minimum atomic E-state index is -0.143. The smallest absolute Gasteiger partial charge is 0.215 e. The van der Waals surface area contributed by atoms with Crippen LogP contribution >= 0.6 is 27.5 Å². The van der Waals surface area contributed by atoms with Crippen molar-refractivity contribution in [3.05, 3.63) is 57.5 Å². The van der Waals surface area contributed by atoms with E-state index in [0.717, 1.165) is 4.47 Å². The van der Waals surface area contributed by atoms with Gasteiger partial charge in [-0.15, -0.1) is 0 Å². The zero-order valence-corrected chi connectivity index (χ0v) is 13.0. The first kappa shape index (κ1) is 14.0. The molecule has 0 atom stereocenters. The van der Waals surface area contributed by atoms with Gasteiger partial charge >= 0.3 is 0 Å². The van der Waals surface area contributed by atoms with Crippen LogP contribution in [0.4, 0.5) is 11.4 Å². The number of hydrogen-bond donors (Lipinski definition) is 1. The molecular formula is C15H9BrClN3O. The number of nitrogens with one attached hydrogen (secondary N) is 1. The zero-order chi connectivity index (χ0) is 14.8. The van der Waals surface area contributed by atoms with Gasteiger partial charge in [-0.05, 0) is 30.3 Å². The number of para-hydroxylation sites is 1. The quantitative estimate of drug-likeness (QED) is 0.647. The summed E-state index contributed by atoms with van der Waals surface area (Å²) in [5, 5.41) is 4.57. The molecule has 0 aromatic heterocycles. The molecule has 0 amide bonds. The molecular weight excluding hydrogens is 354 g/mol. The highest BCUT2D eigenvalue weighted by atomic mass is 79.9. The minimum absolute atomic E-state index is 0.143. The zero-order valence-electron chi connectivity index (χ0n) is 10.7. The van der Waals surface area contributed by atoms with Crippen molar-refractivity contribution in [2.75, 3.05) is 5.43 Å². The number of hydrogen-bond acceptors (Lipinski definition) is 4. The number of benzene rings is 2. The highest BCUT2D eigenvalue weighted by Gasteiger charge is 2.23. The summed E-state index contributed by atoms with van der Waals surface area (Å²) in [5.41, 5.74) is 4.98. The standard InChI is InChI=1S/C15H9BrClN3O/c16-9-5-6-12-10(7-9)15(21)14(19-12)8-18-20-13-4-2-1-3-11(13)17/h1-8,20H/b18-8+. The Balaban J connectivity index is 1.77. The molecule has 2 aromatic rings. The van der Waals surface area contributed by atoms with E-state index in [2.05, 4.69) is 31.4 Å². The summed E-state index contributed by atoms with van der Waals surface area (Å²) in [7, 11) is 0. The summed E-state index contributed by atoms with van der Waals surface area (Å²) in [6.45, 7) is 0. The first-order valence-electron chi connectivity index (χ1n) is 6.12. The molecule has 0 spiro atoms. The van der Waals surface area contributed by atoms with E-state index in [1.54, 1.807) is 24.3 Å². The second-order valence-corrected chi connectivity index (χ2v) is 5.66. The van der Waals surface area contributed by atoms with Gasteiger partial charge < -0.3 is 0 Å². The van der Waals surface area contributed by atoms with E-state index in [9.17, 15) is 4.79 Å². The van der Waals surface area contributed by atoms with Crippen LogP contribution < -0.4 is 5.43 Å². The average molecular weight is 363 g/mol. The molecule has 0 bridgehead atoms. The molecule has 21 heavy (non-hydrogen) atoms. The molecule has 1 heterocycles. The van der Waals surface area contributed by atoms with Crippen molar-refractivity contribution in [1.82, 2.24) is 0 Å². The average Bonchev–Trinajstić information content (AvgIpc) is 2.78. The van der Waals surface area contributed by atoms with Gasteiger partial charge in [-0.3, -0.25) is 10.2 Å². The predicted octanol–water partition coefficient (Wildman–Crippen LogP) is 4.47. The summed E-state index contributed by atoms with van der Waals surface area (Å²) in [5.74, 6) is -0.143. The molecule has 1 N–H and O–H groups in total. The van der Waals surface area contributed by atoms with Gasteiger partial charge in [0, 0.05) is 4.47 Å². The fourth-order valence-corrected chi connectivity index (χ4v) is 2.45. The lowest BCUT2D eigenvalue weighted by molar-refractivity contribution is 0.107. The number of nitrogens with zero attached hydrogens (tertiary/aromatic N) is 2. The van der Waals surface area contributed by atoms with Gasteiger partial charge in [-0.2, -0.15) is 5.10 Å². The Morgan fingerprint density at radius 3 is 2.86 bits per heavy atom. The van der Waals surface area contributed by atoms with Gasteiger partial charge in [-0.1, -0.05) is 39.7 Å². The summed E-state index contributed by atoms with van der Waals surface area (Å²) < 4.78 is 0.845. The topological polar surface area (TPSA) is 53.8 Å². The molecule has 0 fully saturated rings. The molecule has 0 radical (unpaired) electrons. The van der Waals surface area contributed by atoms with Crippen LogP contribution in [0.1, 0.15) is 10.4 Å². The Morgan fingerprint density at radius 2 is 2.05 bits per heavy atom. The van der Waals surface area contributed by atoms with Gasteiger partial charge in [0.2, 0.25) is 5.78 Å². The van der Waals surface area contributed by atoms with Crippen molar-refractivity contribution in [2.45, 2.75) is 0 Å². The van der Waals surface area contributed by atoms with Crippen LogP contribution in [0.15, 0.2) is 57.0 Å². The number of hydrazone groups is 1. The maximum absolute atomic E-state index is 12.2. The number of ketones is 1. The molecule has 0 unspecified atom stereocenters. The van der Waals surface area contributed by atoms with Crippen LogP contribution in [0.2, 0.25) is 5.02 Å². The van der Waals surface area contributed by atoms with E-state index in [1.165, 1.54) is 6.21 Å². The molecule has 1 aliphatic rings. The largest absolute Gasteiger partial charge is 0.287 e. The highest BCUT2D eigenvalue weighted by Crippen LogP contribution is 2.29. The third-order valence-corrected chi connectivity index (χ3v) is 3.75. The van der Waals surface area contributed by atoms with Crippen LogP contribution in [-0.2, 0) is 0 Å². The maximum atomic E-state index is 12.2. The SMILES string of the molecule is O=C1C(/C=N/Nc2ccccc2Cl)=Nc2ccc(Br)cc21. The van der Waals surface area contributed by atoms with E-state index in [-0.39, 0.29) is 5.78 Å². The molecule has 0 saturated carbocycles. The monoisotopic (exact) mass is 361 g/mol. The van der Waals surface area contributed by atoms with Gasteiger partial charge in [-0.25, -0.2) is 4.99 Å². The van der Waals surface area contributed by atoms with E-state index < -0.39 is 0 Å². The Morgan fingerprint density at radius 1 is 1.24 bits per heavy atom. The third kappa shape index (κ3) is 2.89. The van der Waals surface area contributed by atoms with Crippen LogP contribution in [0.5, 0.6) is 0 Å². The lowest BCUT2D eigenvalue weighted by Gasteiger charge is -2.01. The normalized spacial score (nSPS) is 13.4. The van der Waals surface area contributed by atoms with Crippen LogP contribution in [-0.4, -0.2) is 17.7 Å². The van der Waals surface area contributed by atoms with Crippen molar-refractivity contribution >= 4 is 56.6 Å². The van der Waals surface area contributed by atoms with Gasteiger partial charge in [0.15, 0.2) is 0 Å². The Labute approximate surface area is 134 Å². The van der Waals surface area contributed by atoms with E-state index in [1.807, 2.05) is 18.2 Å². The Hall–Kier alpha value is -1.98. The predicted molar refractivity (Wildman–Crippen MR) is 89.1 cm³/mol. The van der Waals surface area contributed by atoms with E-state index in [4.69, 9.17) is 11.6 Å². The van der Waals surface area contributed by atoms with Gasteiger partial charge in [0.25, 0.3) is 0 Å². The summed E-state index contributed by atoms with van der Waals surface area (Å²) in [6.07, 6.45) is 1.40. The number of Topliss-reactive ketones (excluding diaryl/α,β-unsaturated/α-hetero) is 1. The lowest BCUT2D eigenvalue weighted by Crippen LogP contribution is -2.11. The fraction of sp³-hybridized carbons (Fsp3) is 0. The van der Waals surface area contributed by atoms with Crippen molar-refractivity contribution in [2.24, 2.45) is 10.1 Å². The van der Waals surface area contributed by atoms with Crippen LogP contribution in [0.3, 0.4) is 0 Å². The molecule has 2 aromatic carbocycles. The number of halogens is 2. The highest BCUT2D eigenvalue weighted by molar-refractivity contribution is 9.10. The number of carbonyl (C=O) groups excluding carboxylic acids is 1. The number of anilines is 1. The second kappa shape index (κ2) is 5.79. The van der Waals surface area contributed by atoms with E-state index in [0.29, 0.717) is 27.7 Å². The van der Waals surface area contributed by atoms with Crippen molar-refractivity contribution in [1.29, 1.82) is 0 Å². The van der Waals surface area contributed by atoms with Crippen molar-refractivity contribution < 1.29 is 4.79 Å². The lowest BCUT2D eigenvalue weighted by atomic mass is 10.1. The van der Waals surface area contributed by atoms with Gasteiger partial charge in [0.05, 0.1) is 28.2 Å². The molecule has 0 aliphatic carbocycles. The minimum Gasteiger partial charge on any atom is -0.287 e. The Kier molecular flexibility index (Phi) is 3.86. The molecule has 4 nitrogen and oxygen atoms in total. The van der Waals surface area contributed by atoms with Gasteiger partial charge in [0.1, 0.15) is 5.71 Å². The van der Waals surface area contributed by atoms with Crippen molar-refractivity contribution in [3.63, 3.8) is 0 Å². The summed E-state index contributed by atoms with van der Waals surface area (Å²) >= 11 is 9.34. The fourth-order valence-electron chi connectivity index (χ4n) is 1.91.